The Morgan fingerprint density at radius 1 is 1.20 bits per heavy atom. The predicted molar refractivity (Wildman–Crippen MR) is 79.9 cm³/mol. The molecule has 20 heavy (non-hydrogen) atoms. The first kappa shape index (κ1) is 12.8. The highest BCUT2D eigenvalue weighted by Gasteiger charge is 2.26. The maximum atomic E-state index is 10.1. The second kappa shape index (κ2) is 5.06. The first-order valence-electron chi connectivity index (χ1n) is 6.72. The topological polar surface area (TPSA) is 46.9 Å². The number of phenolic OH excluding ortho intramolecular Hbond substituents is 1. The third kappa shape index (κ3) is 2.08. The zero-order valence-corrected chi connectivity index (χ0v) is 11.5. The summed E-state index contributed by atoms with van der Waals surface area (Å²) < 4.78 is 0. The Hall–Kier alpha value is -2.20. The molecule has 0 saturated carbocycles. The van der Waals surface area contributed by atoms with Gasteiger partial charge < -0.3 is 10.2 Å². The minimum Gasteiger partial charge on any atom is -0.506 e. The van der Waals surface area contributed by atoms with Crippen LogP contribution in [0.4, 0.5) is 11.4 Å². The summed E-state index contributed by atoms with van der Waals surface area (Å²) in [6.45, 7) is 0.955. The van der Waals surface area contributed by atoms with E-state index in [2.05, 4.69) is 17.1 Å². The van der Waals surface area contributed by atoms with Gasteiger partial charge in [0.2, 0.25) is 0 Å². The third-order valence-corrected chi connectivity index (χ3v) is 3.74. The monoisotopic (exact) mass is 270 g/mol. The second-order valence-electron chi connectivity index (χ2n) is 5.01. The highest BCUT2D eigenvalue weighted by atomic mass is 16.3. The number of fused-ring (bicyclic) bond motifs is 1. The summed E-state index contributed by atoms with van der Waals surface area (Å²) >= 11 is 0. The van der Waals surface area contributed by atoms with Crippen LogP contribution in [0.3, 0.4) is 0 Å². The van der Waals surface area contributed by atoms with Crippen molar-refractivity contribution in [2.45, 2.75) is 13.0 Å². The van der Waals surface area contributed by atoms with Gasteiger partial charge in [-0.15, -0.1) is 0 Å². The molecule has 2 aromatic carbocycles. The Morgan fingerprint density at radius 2 is 2.00 bits per heavy atom. The molecule has 1 aliphatic heterocycles. The Bertz CT molecular complexity index is 628. The lowest BCUT2D eigenvalue weighted by molar-refractivity contribution is 0.299. The molecule has 2 aromatic rings. The van der Waals surface area contributed by atoms with Gasteiger partial charge in [-0.2, -0.15) is 0 Å². The molecular weight excluding hydrogens is 252 g/mol. The largest absolute Gasteiger partial charge is 0.506 e. The number of rotatable bonds is 4. The second-order valence-corrected chi connectivity index (χ2v) is 5.01. The summed E-state index contributed by atoms with van der Waals surface area (Å²) in [5, 5.41) is 23.2. The minimum atomic E-state index is 0.112. The molecule has 0 amide bonds. The molecule has 0 saturated heterocycles. The summed E-state index contributed by atoms with van der Waals surface area (Å²) in [6.07, 6.45) is 0.595. The molecule has 3 rings (SSSR count). The molecule has 0 aliphatic carbocycles. The summed E-state index contributed by atoms with van der Waals surface area (Å²) in [4.78, 5) is 0. The number of aliphatic hydroxyl groups excluding tert-OH is 1. The molecule has 0 fully saturated rings. The van der Waals surface area contributed by atoms with Gasteiger partial charge >= 0.3 is 0 Å². The smallest absolute Gasteiger partial charge is 0.140 e. The molecule has 4 heteroatoms. The number of benzene rings is 2. The first-order chi connectivity index (χ1) is 9.70. The van der Waals surface area contributed by atoms with E-state index < -0.39 is 0 Å². The van der Waals surface area contributed by atoms with Gasteiger partial charge in [-0.3, -0.25) is 10.0 Å². The van der Waals surface area contributed by atoms with E-state index in [-0.39, 0.29) is 12.4 Å². The van der Waals surface area contributed by atoms with Crippen LogP contribution in [-0.4, -0.2) is 23.9 Å². The first-order valence-corrected chi connectivity index (χ1v) is 6.72. The summed E-state index contributed by atoms with van der Waals surface area (Å²) in [5.41, 5.74) is 4.25. The molecule has 104 valence electrons. The van der Waals surface area contributed by atoms with Crippen LogP contribution in [-0.2, 0) is 13.0 Å². The quantitative estimate of drug-likeness (QED) is 0.895. The van der Waals surface area contributed by atoms with Crippen LogP contribution in [0.25, 0.3) is 0 Å². The van der Waals surface area contributed by atoms with Crippen molar-refractivity contribution < 1.29 is 10.2 Å². The summed E-state index contributed by atoms with van der Waals surface area (Å²) in [6, 6.07) is 13.7. The van der Waals surface area contributed by atoms with Crippen molar-refractivity contribution >= 4 is 11.4 Å². The predicted octanol–water partition coefficient (Wildman–Crippen LogP) is 2.30. The Kier molecular flexibility index (Phi) is 3.24. The molecule has 4 nitrogen and oxygen atoms in total. The maximum absolute atomic E-state index is 10.1. The lowest BCUT2D eigenvalue weighted by atomic mass is 10.1. The summed E-state index contributed by atoms with van der Waals surface area (Å²) in [5.74, 6) is 0.249. The van der Waals surface area contributed by atoms with E-state index in [4.69, 9.17) is 5.11 Å². The molecule has 2 N–H and O–H groups in total. The molecule has 1 heterocycles. The number of aliphatic hydroxyl groups is 1. The number of phenols is 1. The number of nitrogens with zero attached hydrogens (tertiary/aromatic N) is 2. The van der Waals surface area contributed by atoms with Crippen LogP contribution in [0.1, 0.15) is 11.1 Å². The van der Waals surface area contributed by atoms with E-state index in [1.165, 1.54) is 11.3 Å². The van der Waals surface area contributed by atoms with E-state index >= 15 is 0 Å². The summed E-state index contributed by atoms with van der Waals surface area (Å²) in [7, 11) is 1.94. The van der Waals surface area contributed by atoms with Gasteiger partial charge in [0.05, 0.1) is 17.9 Å². The Morgan fingerprint density at radius 3 is 2.75 bits per heavy atom. The van der Waals surface area contributed by atoms with Crippen molar-refractivity contribution in [3.8, 4) is 5.75 Å². The highest BCUT2D eigenvalue weighted by molar-refractivity contribution is 5.70. The standard InChI is InChI=1S/C16H18N2O2/c1-17(18-11-13-4-2-3-5-14(13)18)15-10-12(8-9-19)6-7-16(15)20/h2-7,10,19-20H,8-9,11H2,1H3. The van der Waals surface area contributed by atoms with Crippen LogP contribution in [0.15, 0.2) is 42.5 Å². The molecule has 0 spiro atoms. The van der Waals surface area contributed by atoms with Crippen molar-refractivity contribution in [3.05, 3.63) is 53.6 Å². The van der Waals surface area contributed by atoms with Gasteiger partial charge in [0.15, 0.2) is 0 Å². The van der Waals surface area contributed by atoms with Gasteiger partial charge in [0.25, 0.3) is 0 Å². The Balaban J connectivity index is 1.88. The van der Waals surface area contributed by atoms with Crippen molar-refractivity contribution in [3.63, 3.8) is 0 Å². The van der Waals surface area contributed by atoms with Crippen LogP contribution >= 0.6 is 0 Å². The van der Waals surface area contributed by atoms with Gasteiger partial charge in [0.1, 0.15) is 5.75 Å². The van der Waals surface area contributed by atoms with Gasteiger partial charge in [-0.05, 0) is 35.7 Å². The Labute approximate surface area is 118 Å². The molecular formula is C16H18N2O2. The van der Waals surface area contributed by atoms with Gasteiger partial charge in [0, 0.05) is 13.7 Å². The van der Waals surface area contributed by atoms with E-state index in [1.807, 2.05) is 36.3 Å². The number of hydrazine groups is 1. The fraction of sp³-hybridized carbons (Fsp3) is 0.250. The van der Waals surface area contributed by atoms with Crippen molar-refractivity contribution in [1.29, 1.82) is 0 Å². The van der Waals surface area contributed by atoms with Crippen LogP contribution in [0.5, 0.6) is 5.75 Å². The average molecular weight is 270 g/mol. The lowest BCUT2D eigenvalue weighted by Crippen LogP contribution is -2.45. The van der Waals surface area contributed by atoms with Gasteiger partial charge in [-0.25, -0.2) is 0 Å². The van der Waals surface area contributed by atoms with E-state index in [0.717, 1.165) is 17.8 Å². The molecule has 1 aliphatic rings. The van der Waals surface area contributed by atoms with E-state index in [0.29, 0.717) is 6.42 Å². The van der Waals surface area contributed by atoms with E-state index in [9.17, 15) is 5.11 Å². The number of para-hydroxylation sites is 1. The van der Waals surface area contributed by atoms with Crippen LogP contribution < -0.4 is 10.0 Å². The fourth-order valence-electron chi connectivity index (χ4n) is 2.56. The molecule has 0 bridgehead atoms. The molecule has 0 radical (unpaired) electrons. The third-order valence-electron chi connectivity index (χ3n) is 3.74. The average Bonchev–Trinajstić information content (AvgIpc) is 2.42. The van der Waals surface area contributed by atoms with Crippen LogP contribution in [0.2, 0.25) is 0 Å². The molecule has 0 aromatic heterocycles. The van der Waals surface area contributed by atoms with Crippen molar-refractivity contribution in [2.24, 2.45) is 0 Å². The zero-order chi connectivity index (χ0) is 14.1. The van der Waals surface area contributed by atoms with Crippen molar-refractivity contribution in [1.82, 2.24) is 0 Å². The molecule has 0 unspecified atom stereocenters. The minimum absolute atomic E-state index is 0.112. The van der Waals surface area contributed by atoms with E-state index in [1.54, 1.807) is 6.07 Å². The number of aromatic hydroxyl groups is 1. The number of hydrogen-bond donors (Lipinski definition) is 2. The number of hydrogen-bond acceptors (Lipinski definition) is 4. The maximum Gasteiger partial charge on any atom is 0.140 e. The molecule has 0 atom stereocenters. The zero-order valence-electron chi connectivity index (χ0n) is 11.5. The van der Waals surface area contributed by atoms with Gasteiger partial charge in [-0.1, -0.05) is 24.3 Å². The SMILES string of the molecule is CN(c1cc(CCO)ccc1O)N1Cc2ccccc21. The normalized spacial score (nSPS) is 12.8. The van der Waals surface area contributed by atoms with Crippen molar-refractivity contribution in [2.75, 3.05) is 23.7 Å². The number of anilines is 2. The lowest BCUT2D eigenvalue weighted by Gasteiger charge is -2.43. The fourth-order valence-corrected chi connectivity index (χ4v) is 2.56. The van der Waals surface area contributed by atoms with Crippen LogP contribution in [0, 0.1) is 0 Å². The highest BCUT2D eigenvalue weighted by Crippen LogP contribution is 2.37.